The molecule has 74 valence electrons. The second-order valence-corrected chi connectivity index (χ2v) is 5.06. The number of sulfonamides is 1. The molecule has 0 atom stereocenters. The van der Waals surface area contributed by atoms with E-state index < -0.39 is 10.0 Å². The van der Waals surface area contributed by atoms with Crippen LogP contribution in [0.4, 0.5) is 0 Å². The molecule has 0 N–H and O–H groups in total. The summed E-state index contributed by atoms with van der Waals surface area (Å²) in [5.74, 6) is -0.273. The summed E-state index contributed by atoms with van der Waals surface area (Å²) in [5, 5.41) is 0. The molecule has 1 aromatic carbocycles. The van der Waals surface area contributed by atoms with Crippen LogP contribution in [0.3, 0.4) is 0 Å². The fraction of sp³-hybridized carbons (Fsp3) is 0.143. The molecule has 0 spiro atoms. The van der Waals surface area contributed by atoms with Crippen LogP contribution in [0.2, 0.25) is 0 Å². The highest BCUT2D eigenvalue weighted by molar-refractivity contribution is 9.10. The van der Waals surface area contributed by atoms with Gasteiger partial charge in [-0.2, -0.15) is 0 Å². The highest BCUT2D eigenvalue weighted by Gasteiger charge is 2.08. The van der Waals surface area contributed by atoms with Crippen molar-refractivity contribution in [3.63, 3.8) is 0 Å². The first-order valence-corrected chi connectivity index (χ1v) is 5.97. The zero-order chi connectivity index (χ0) is 10.6. The van der Waals surface area contributed by atoms with Crippen LogP contribution in [-0.2, 0) is 15.8 Å². The lowest BCUT2D eigenvalue weighted by atomic mass is 10.2. The molecule has 0 saturated heterocycles. The van der Waals surface area contributed by atoms with Gasteiger partial charge in [0.2, 0.25) is 10.0 Å². The minimum absolute atomic E-state index is 0.273. The molecule has 0 bridgehead atoms. The molecule has 0 aromatic heterocycles. The second-order valence-electron chi connectivity index (χ2n) is 2.52. The Balaban J connectivity index is 2.90. The van der Waals surface area contributed by atoms with Crippen LogP contribution in [0.1, 0.15) is 5.56 Å². The van der Waals surface area contributed by atoms with Crippen LogP contribution in [0.25, 0.3) is 10.4 Å². The average Bonchev–Trinajstić information content (AvgIpc) is 2.08. The maximum atomic E-state index is 11.1. The Morgan fingerprint density at radius 2 is 1.93 bits per heavy atom. The Kier molecular flexibility index (Phi) is 3.51. The first-order valence-electron chi connectivity index (χ1n) is 3.57. The second kappa shape index (κ2) is 4.45. The van der Waals surface area contributed by atoms with E-state index in [0.717, 1.165) is 4.47 Å². The predicted molar refractivity (Wildman–Crippen MR) is 55.9 cm³/mol. The number of hydrogen-bond acceptors (Lipinski definition) is 2. The van der Waals surface area contributed by atoms with Gasteiger partial charge in [-0.15, -0.1) is 0 Å². The van der Waals surface area contributed by atoms with Gasteiger partial charge in [-0.3, -0.25) is 0 Å². The SMILES string of the molecule is [N-]=[N+]=NS(=O)(=O)Cc1ccc(Br)cc1. The Labute approximate surface area is 89.6 Å². The zero-order valence-corrected chi connectivity index (χ0v) is 9.36. The Hall–Kier alpha value is -1.04. The molecule has 0 radical (unpaired) electrons. The van der Waals surface area contributed by atoms with Gasteiger partial charge in [-0.1, -0.05) is 28.1 Å². The van der Waals surface area contributed by atoms with E-state index in [1.807, 2.05) is 0 Å². The fourth-order valence-electron chi connectivity index (χ4n) is 0.876. The summed E-state index contributed by atoms with van der Waals surface area (Å²) in [6.07, 6.45) is 0. The number of rotatable bonds is 3. The minimum Gasteiger partial charge on any atom is -0.221 e. The molecule has 14 heavy (non-hydrogen) atoms. The maximum absolute atomic E-state index is 11.1. The summed E-state index contributed by atoms with van der Waals surface area (Å²) < 4.78 is 25.7. The van der Waals surface area contributed by atoms with Crippen molar-refractivity contribution >= 4 is 26.0 Å². The van der Waals surface area contributed by atoms with Crippen LogP contribution in [-0.4, -0.2) is 8.42 Å². The van der Waals surface area contributed by atoms with E-state index >= 15 is 0 Å². The van der Waals surface area contributed by atoms with E-state index in [1.165, 1.54) is 0 Å². The quantitative estimate of drug-likeness (QED) is 0.483. The number of benzene rings is 1. The smallest absolute Gasteiger partial charge is 0.221 e. The van der Waals surface area contributed by atoms with Crippen LogP contribution >= 0.6 is 15.9 Å². The molecular formula is C7H6BrN3O2S. The Bertz CT molecular complexity index is 462. The maximum Gasteiger partial charge on any atom is 0.239 e. The topological polar surface area (TPSA) is 82.9 Å². The van der Waals surface area contributed by atoms with Gasteiger partial charge < -0.3 is 0 Å². The monoisotopic (exact) mass is 275 g/mol. The van der Waals surface area contributed by atoms with Gasteiger partial charge in [-0.25, -0.2) is 8.42 Å². The summed E-state index contributed by atoms with van der Waals surface area (Å²) >= 11 is 3.22. The van der Waals surface area contributed by atoms with Gasteiger partial charge in [0.15, 0.2) is 0 Å². The summed E-state index contributed by atoms with van der Waals surface area (Å²) in [6, 6.07) is 6.74. The highest BCUT2D eigenvalue weighted by Crippen LogP contribution is 2.13. The van der Waals surface area contributed by atoms with Gasteiger partial charge in [0.25, 0.3) is 0 Å². The molecule has 0 fully saturated rings. The van der Waals surface area contributed by atoms with Crippen molar-refractivity contribution in [2.24, 2.45) is 4.52 Å². The summed E-state index contributed by atoms with van der Waals surface area (Å²) in [7, 11) is -3.70. The molecule has 5 nitrogen and oxygen atoms in total. The average molecular weight is 276 g/mol. The number of azide groups is 1. The highest BCUT2D eigenvalue weighted by atomic mass is 79.9. The van der Waals surface area contributed by atoms with E-state index in [9.17, 15) is 8.42 Å². The molecule has 0 amide bonds. The number of halogens is 1. The molecule has 0 aliphatic carbocycles. The molecule has 7 heteroatoms. The van der Waals surface area contributed by atoms with E-state index in [-0.39, 0.29) is 5.75 Å². The van der Waals surface area contributed by atoms with Crippen molar-refractivity contribution in [2.75, 3.05) is 0 Å². The van der Waals surface area contributed by atoms with Crippen molar-refractivity contribution in [1.82, 2.24) is 0 Å². The van der Waals surface area contributed by atoms with Crippen LogP contribution in [0.5, 0.6) is 0 Å². The Morgan fingerprint density at radius 1 is 1.36 bits per heavy atom. The molecule has 1 aromatic rings. The van der Waals surface area contributed by atoms with Gasteiger partial charge in [0, 0.05) is 13.9 Å². The van der Waals surface area contributed by atoms with Crippen LogP contribution in [0.15, 0.2) is 33.3 Å². The number of nitrogens with zero attached hydrogens (tertiary/aromatic N) is 3. The summed E-state index contributed by atoms with van der Waals surface area (Å²) in [6.45, 7) is 0. The number of hydrogen-bond donors (Lipinski definition) is 0. The van der Waals surface area contributed by atoms with Crippen molar-refractivity contribution in [1.29, 1.82) is 0 Å². The molecule has 0 unspecified atom stereocenters. The fourth-order valence-corrected chi connectivity index (χ4v) is 1.92. The first kappa shape index (κ1) is 11.0. The molecule has 0 aliphatic heterocycles. The molecule has 0 heterocycles. The third-order valence-electron chi connectivity index (χ3n) is 1.42. The van der Waals surface area contributed by atoms with Crippen molar-refractivity contribution in [2.45, 2.75) is 5.75 Å². The van der Waals surface area contributed by atoms with E-state index in [1.54, 1.807) is 24.3 Å². The third-order valence-corrected chi connectivity index (χ3v) is 2.97. The van der Waals surface area contributed by atoms with Crippen LogP contribution in [0, 0.1) is 0 Å². The summed E-state index contributed by atoms with van der Waals surface area (Å²) in [4.78, 5) is 2.25. The van der Waals surface area contributed by atoms with E-state index in [0.29, 0.717) is 5.56 Å². The Morgan fingerprint density at radius 3 is 2.43 bits per heavy atom. The van der Waals surface area contributed by atoms with E-state index in [4.69, 9.17) is 5.53 Å². The largest absolute Gasteiger partial charge is 0.239 e. The van der Waals surface area contributed by atoms with Crippen molar-refractivity contribution < 1.29 is 8.42 Å². The lowest BCUT2D eigenvalue weighted by Crippen LogP contribution is -1.98. The lowest BCUT2D eigenvalue weighted by molar-refractivity contribution is 0.596. The van der Waals surface area contributed by atoms with Crippen molar-refractivity contribution in [3.05, 3.63) is 44.7 Å². The lowest BCUT2D eigenvalue weighted by Gasteiger charge is -1.98. The van der Waals surface area contributed by atoms with Crippen LogP contribution < -0.4 is 0 Å². The minimum atomic E-state index is -3.70. The van der Waals surface area contributed by atoms with Gasteiger partial charge in [0.05, 0.1) is 5.75 Å². The molecule has 0 saturated carbocycles. The standard InChI is InChI=1S/C7H6BrN3O2S/c8-7-3-1-6(2-4-7)5-14(12,13)11-10-9/h1-4H,5H2. The van der Waals surface area contributed by atoms with E-state index in [2.05, 4.69) is 25.4 Å². The summed E-state index contributed by atoms with van der Waals surface area (Å²) in [5.41, 5.74) is 8.58. The predicted octanol–water partition coefficient (Wildman–Crippen LogP) is 2.59. The van der Waals surface area contributed by atoms with Gasteiger partial charge in [-0.05, 0) is 23.2 Å². The van der Waals surface area contributed by atoms with Gasteiger partial charge >= 0.3 is 0 Å². The van der Waals surface area contributed by atoms with Crippen molar-refractivity contribution in [3.8, 4) is 0 Å². The normalized spacial score (nSPS) is 10.6. The molecular weight excluding hydrogens is 270 g/mol. The third kappa shape index (κ3) is 3.37. The zero-order valence-electron chi connectivity index (χ0n) is 6.96. The van der Waals surface area contributed by atoms with Gasteiger partial charge in [0.1, 0.15) is 0 Å². The molecule has 1 rings (SSSR count). The molecule has 0 aliphatic rings. The first-order chi connectivity index (χ1) is 6.53.